The normalized spacial score (nSPS) is 12.0. The number of hydrogen-bond acceptors (Lipinski definition) is 2. The summed E-state index contributed by atoms with van der Waals surface area (Å²) in [7, 11) is 0. The highest BCUT2D eigenvalue weighted by Gasteiger charge is 2.20. The molecule has 116 valence electrons. The molecule has 0 heterocycles. The van der Waals surface area contributed by atoms with Gasteiger partial charge in [0.05, 0.1) is 0 Å². The first-order chi connectivity index (χ1) is 11.1. The molecule has 4 heteroatoms. The Labute approximate surface area is 132 Å². The topological polar surface area (TPSA) is 46.5 Å². The predicted octanol–water partition coefficient (Wildman–Crippen LogP) is 4.05. The van der Waals surface area contributed by atoms with Crippen LogP contribution in [0.25, 0.3) is 10.8 Å². The van der Waals surface area contributed by atoms with E-state index in [2.05, 4.69) is 0 Å². The Morgan fingerprint density at radius 3 is 2.39 bits per heavy atom. The van der Waals surface area contributed by atoms with Gasteiger partial charge in [0, 0.05) is 6.42 Å². The maximum atomic E-state index is 12.9. The summed E-state index contributed by atoms with van der Waals surface area (Å²) < 4.78 is 18.6. The van der Waals surface area contributed by atoms with Gasteiger partial charge < -0.3 is 9.84 Å². The molecule has 0 unspecified atom stereocenters. The number of halogens is 1. The molecule has 0 radical (unpaired) electrons. The Morgan fingerprint density at radius 2 is 1.70 bits per heavy atom. The first-order valence-corrected chi connectivity index (χ1v) is 7.24. The maximum Gasteiger partial charge on any atom is 0.345 e. The summed E-state index contributed by atoms with van der Waals surface area (Å²) in [6, 6.07) is 19.0. The van der Waals surface area contributed by atoms with Gasteiger partial charge in [0.25, 0.3) is 0 Å². The molecule has 0 aliphatic rings. The van der Waals surface area contributed by atoms with Crippen molar-refractivity contribution in [3.8, 4) is 5.75 Å². The zero-order chi connectivity index (χ0) is 16.2. The zero-order valence-corrected chi connectivity index (χ0v) is 12.3. The third-order valence-corrected chi connectivity index (χ3v) is 3.61. The number of carboxylic acid groups (broad SMARTS) is 1. The average molecular weight is 310 g/mol. The van der Waals surface area contributed by atoms with Gasteiger partial charge in [-0.15, -0.1) is 0 Å². The number of benzene rings is 3. The second-order valence-electron chi connectivity index (χ2n) is 5.28. The number of carbonyl (C=O) groups is 1. The molecule has 23 heavy (non-hydrogen) atoms. The summed E-state index contributed by atoms with van der Waals surface area (Å²) in [5, 5.41) is 11.4. The Hall–Kier alpha value is -2.88. The summed E-state index contributed by atoms with van der Waals surface area (Å²) in [6.07, 6.45) is -0.857. The lowest BCUT2D eigenvalue weighted by molar-refractivity contribution is -0.145. The van der Waals surface area contributed by atoms with Gasteiger partial charge in [-0.2, -0.15) is 0 Å². The van der Waals surface area contributed by atoms with Crippen molar-refractivity contribution in [3.63, 3.8) is 0 Å². The molecule has 3 aromatic rings. The van der Waals surface area contributed by atoms with E-state index in [1.165, 1.54) is 12.1 Å². The number of carboxylic acids is 1. The maximum absolute atomic E-state index is 12.9. The number of rotatable bonds is 5. The van der Waals surface area contributed by atoms with Crippen LogP contribution in [-0.2, 0) is 11.2 Å². The van der Waals surface area contributed by atoms with Crippen LogP contribution in [0.5, 0.6) is 5.75 Å². The first-order valence-electron chi connectivity index (χ1n) is 7.24. The molecule has 1 atom stereocenters. The van der Waals surface area contributed by atoms with Crippen LogP contribution in [0, 0.1) is 5.82 Å². The van der Waals surface area contributed by atoms with Gasteiger partial charge in [0.15, 0.2) is 6.10 Å². The Morgan fingerprint density at radius 1 is 1.00 bits per heavy atom. The molecule has 3 nitrogen and oxygen atoms in total. The minimum absolute atomic E-state index is 0.169. The van der Waals surface area contributed by atoms with Gasteiger partial charge in [-0.1, -0.05) is 42.5 Å². The van der Waals surface area contributed by atoms with E-state index in [1.807, 2.05) is 36.4 Å². The van der Waals surface area contributed by atoms with E-state index in [4.69, 9.17) is 4.74 Å². The van der Waals surface area contributed by atoms with Crippen molar-refractivity contribution in [3.05, 3.63) is 78.1 Å². The second kappa shape index (κ2) is 6.48. The molecule has 3 aromatic carbocycles. The number of fused-ring (bicyclic) bond motifs is 1. The predicted molar refractivity (Wildman–Crippen MR) is 86.1 cm³/mol. The number of aliphatic carboxylic acids is 1. The van der Waals surface area contributed by atoms with Gasteiger partial charge >= 0.3 is 5.97 Å². The quantitative estimate of drug-likeness (QED) is 0.773. The molecular weight excluding hydrogens is 295 g/mol. The lowest BCUT2D eigenvalue weighted by atomic mass is 10.1. The summed E-state index contributed by atoms with van der Waals surface area (Å²) >= 11 is 0. The fourth-order valence-corrected chi connectivity index (χ4v) is 2.42. The van der Waals surface area contributed by atoms with E-state index in [0.717, 1.165) is 10.8 Å². The zero-order valence-electron chi connectivity index (χ0n) is 12.3. The Kier molecular flexibility index (Phi) is 4.24. The third-order valence-electron chi connectivity index (χ3n) is 3.61. The van der Waals surface area contributed by atoms with Crippen LogP contribution in [0.4, 0.5) is 4.39 Å². The van der Waals surface area contributed by atoms with Gasteiger partial charge in [0.1, 0.15) is 11.6 Å². The average Bonchev–Trinajstić information content (AvgIpc) is 2.56. The third kappa shape index (κ3) is 3.66. The van der Waals surface area contributed by atoms with Crippen LogP contribution in [-0.4, -0.2) is 17.2 Å². The summed E-state index contributed by atoms with van der Waals surface area (Å²) in [6.45, 7) is 0. The van der Waals surface area contributed by atoms with E-state index < -0.39 is 12.1 Å². The van der Waals surface area contributed by atoms with E-state index in [9.17, 15) is 14.3 Å². The van der Waals surface area contributed by atoms with E-state index in [1.54, 1.807) is 18.2 Å². The standard InChI is InChI=1S/C19H15FO3/c20-16-8-5-13(6-9-16)11-18(19(21)22)23-17-10-7-14-3-1-2-4-15(14)12-17/h1-10,12,18H,11H2,(H,21,22)/t18-/m0/s1. The van der Waals surface area contributed by atoms with Crippen molar-refractivity contribution in [2.24, 2.45) is 0 Å². The highest BCUT2D eigenvalue weighted by atomic mass is 19.1. The van der Waals surface area contributed by atoms with E-state index >= 15 is 0 Å². The monoisotopic (exact) mass is 310 g/mol. The molecule has 0 aliphatic carbocycles. The van der Waals surface area contributed by atoms with Gasteiger partial charge in [0.2, 0.25) is 0 Å². The minimum atomic E-state index is -1.05. The molecule has 0 aliphatic heterocycles. The number of ether oxygens (including phenoxy) is 1. The molecule has 3 rings (SSSR count). The lowest BCUT2D eigenvalue weighted by Crippen LogP contribution is -2.29. The first kappa shape index (κ1) is 15.0. The molecule has 0 fully saturated rings. The lowest BCUT2D eigenvalue weighted by Gasteiger charge is -2.15. The summed E-state index contributed by atoms with van der Waals surface area (Å²) in [4.78, 5) is 11.4. The molecule has 0 aromatic heterocycles. The molecular formula is C19H15FO3. The van der Waals surface area contributed by atoms with Gasteiger partial charge in [-0.05, 0) is 40.6 Å². The van der Waals surface area contributed by atoms with Crippen molar-refractivity contribution in [2.75, 3.05) is 0 Å². The van der Waals surface area contributed by atoms with Crippen LogP contribution in [0.3, 0.4) is 0 Å². The molecule has 0 bridgehead atoms. The Balaban J connectivity index is 1.80. The van der Waals surface area contributed by atoms with E-state index in [0.29, 0.717) is 11.3 Å². The van der Waals surface area contributed by atoms with Gasteiger partial charge in [-0.3, -0.25) is 0 Å². The van der Waals surface area contributed by atoms with Crippen molar-refractivity contribution in [1.29, 1.82) is 0 Å². The fourth-order valence-electron chi connectivity index (χ4n) is 2.42. The fraction of sp³-hybridized carbons (Fsp3) is 0.105. The molecule has 0 saturated heterocycles. The van der Waals surface area contributed by atoms with Gasteiger partial charge in [-0.25, -0.2) is 9.18 Å². The highest BCUT2D eigenvalue weighted by Crippen LogP contribution is 2.22. The van der Waals surface area contributed by atoms with Crippen molar-refractivity contribution >= 4 is 16.7 Å². The smallest absolute Gasteiger partial charge is 0.345 e. The number of hydrogen-bond donors (Lipinski definition) is 1. The molecule has 1 N–H and O–H groups in total. The Bertz CT molecular complexity index is 827. The molecule has 0 spiro atoms. The van der Waals surface area contributed by atoms with Crippen LogP contribution >= 0.6 is 0 Å². The van der Waals surface area contributed by atoms with Crippen molar-refractivity contribution in [2.45, 2.75) is 12.5 Å². The van der Waals surface area contributed by atoms with E-state index in [-0.39, 0.29) is 12.2 Å². The van der Waals surface area contributed by atoms with Crippen molar-refractivity contribution in [1.82, 2.24) is 0 Å². The molecule has 0 amide bonds. The minimum Gasteiger partial charge on any atom is -0.478 e. The van der Waals surface area contributed by atoms with Crippen LogP contribution < -0.4 is 4.74 Å². The summed E-state index contributed by atoms with van der Waals surface area (Å²) in [5.41, 5.74) is 0.708. The highest BCUT2D eigenvalue weighted by molar-refractivity contribution is 5.84. The molecule has 0 saturated carbocycles. The van der Waals surface area contributed by atoms with Crippen molar-refractivity contribution < 1.29 is 19.0 Å². The summed E-state index contributed by atoms with van der Waals surface area (Å²) in [5.74, 6) is -0.906. The van der Waals surface area contributed by atoms with Crippen LogP contribution in [0.1, 0.15) is 5.56 Å². The van der Waals surface area contributed by atoms with Crippen LogP contribution in [0.15, 0.2) is 66.7 Å². The SMILES string of the molecule is O=C(O)[C@H](Cc1ccc(F)cc1)Oc1ccc2ccccc2c1. The largest absolute Gasteiger partial charge is 0.478 e. The second-order valence-corrected chi connectivity index (χ2v) is 5.28. The van der Waals surface area contributed by atoms with Crippen LogP contribution in [0.2, 0.25) is 0 Å².